The lowest BCUT2D eigenvalue weighted by Gasteiger charge is -2.28. The standard InChI is InChI=1S/C27H29N3O3S/c1-29(22-12-10-18-7-4-5-8-20(18)22)17-27(31)30-23(16-21(28-30)26-9-6-14-34-26)19-11-13-24(32-2)25(15-19)33-3/h4-9,11,13-15,22-23H,10,12,16-17H2,1-3H3/t22-,23-/m1/s1. The molecule has 0 saturated heterocycles. The van der Waals surface area contributed by atoms with E-state index in [9.17, 15) is 4.79 Å². The molecule has 0 fully saturated rings. The van der Waals surface area contributed by atoms with Gasteiger partial charge in [0.25, 0.3) is 5.91 Å². The lowest BCUT2D eigenvalue weighted by atomic mass is 10.0. The summed E-state index contributed by atoms with van der Waals surface area (Å²) in [6.07, 6.45) is 2.75. The minimum atomic E-state index is -0.186. The SMILES string of the molecule is COc1ccc([C@H]2CC(c3cccs3)=NN2C(=O)CN(C)[C@@H]2CCc3ccccc32)cc1OC. The predicted octanol–water partition coefficient (Wildman–Crippen LogP) is 5.06. The third-order valence-electron chi connectivity index (χ3n) is 6.78. The minimum absolute atomic E-state index is 0.00165. The zero-order valence-electron chi connectivity index (χ0n) is 19.7. The number of carbonyl (C=O) groups excluding carboxylic acids is 1. The van der Waals surface area contributed by atoms with E-state index in [-0.39, 0.29) is 18.0 Å². The van der Waals surface area contributed by atoms with Crippen LogP contribution < -0.4 is 9.47 Å². The molecule has 6 nitrogen and oxygen atoms in total. The zero-order valence-corrected chi connectivity index (χ0v) is 20.5. The molecule has 0 unspecified atom stereocenters. The summed E-state index contributed by atoms with van der Waals surface area (Å²) in [6.45, 7) is 0.310. The molecule has 2 aromatic carbocycles. The first-order valence-corrected chi connectivity index (χ1v) is 12.4. The number of amides is 1. The Morgan fingerprint density at radius 2 is 1.94 bits per heavy atom. The Kier molecular flexibility index (Phi) is 6.39. The van der Waals surface area contributed by atoms with Gasteiger partial charge in [-0.25, -0.2) is 5.01 Å². The summed E-state index contributed by atoms with van der Waals surface area (Å²) in [5.41, 5.74) is 4.64. The third-order valence-corrected chi connectivity index (χ3v) is 7.70. The topological polar surface area (TPSA) is 54.4 Å². The van der Waals surface area contributed by atoms with Gasteiger partial charge in [0.05, 0.1) is 37.4 Å². The number of methoxy groups -OCH3 is 2. The maximum atomic E-state index is 13.6. The van der Waals surface area contributed by atoms with E-state index in [4.69, 9.17) is 14.6 Å². The molecule has 2 atom stereocenters. The molecule has 5 rings (SSSR count). The van der Waals surface area contributed by atoms with Crippen molar-refractivity contribution in [1.29, 1.82) is 0 Å². The van der Waals surface area contributed by atoms with E-state index >= 15 is 0 Å². The van der Waals surface area contributed by atoms with Crippen molar-refractivity contribution in [3.63, 3.8) is 0 Å². The number of benzene rings is 2. The van der Waals surface area contributed by atoms with E-state index in [1.165, 1.54) is 11.1 Å². The number of thiophene rings is 1. The Balaban J connectivity index is 1.41. The highest BCUT2D eigenvalue weighted by molar-refractivity contribution is 7.12. The van der Waals surface area contributed by atoms with Gasteiger partial charge < -0.3 is 9.47 Å². The summed E-state index contributed by atoms with van der Waals surface area (Å²) in [6, 6.07) is 18.5. The van der Waals surface area contributed by atoms with Gasteiger partial charge in [-0.3, -0.25) is 9.69 Å². The number of likely N-dealkylation sites (N-methyl/N-ethyl adjacent to an activating group) is 1. The maximum absolute atomic E-state index is 13.6. The van der Waals surface area contributed by atoms with E-state index in [1.54, 1.807) is 30.6 Å². The van der Waals surface area contributed by atoms with Gasteiger partial charge in [0.2, 0.25) is 0 Å². The Hall–Kier alpha value is -3.16. The summed E-state index contributed by atoms with van der Waals surface area (Å²) in [4.78, 5) is 16.9. The number of carbonyl (C=O) groups is 1. The smallest absolute Gasteiger partial charge is 0.257 e. The number of nitrogens with zero attached hydrogens (tertiary/aromatic N) is 3. The third kappa shape index (κ3) is 4.21. The van der Waals surface area contributed by atoms with Crippen LogP contribution in [0.1, 0.15) is 46.5 Å². The summed E-state index contributed by atoms with van der Waals surface area (Å²) >= 11 is 1.65. The number of aryl methyl sites for hydroxylation is 1. The zero-order chi connectivity index (χ0) is 23.7. The van der Waals surface area contributed by atoms with Crippen LogP contribution in [0.25, 0.3) is 0 Å². The lowest BCUT2D eigenvalue weighted by Crippen LogP contribution is -2.37. The summed E-state index contributed by atoms with van der Waals surface area (Å²) in [5, 5.41) is 8.54. The largest absolute Gasteiger partial charge is 0.493 e. The highest BCUT2D eigenvalue weighted by atomic mass is 32.1. The van der Waals surface area contributed by atoms with Gasteiger partial charge in [-0.15, -0.1) is 11.3 Å². The van der Waals surface area contributed by atoms with E-state index < -0.39 is 0 Å². The molecule has 2 aliphatic rings. The molecule has 0 bridgehead atoms. The molecule has 34 heavy (non-hydrogen) atoms. The van der Waals surface area contributed by atoms with E-state index in [0.717, 1.165) is 29.0 Å². The second kappa shape index (κ2) is 9.60. The van der Waals surface area contributed by atoms with E-state index in [1.807, 2.05) is 36.7 Å². The summed E-state index contributed by atoms with van der Waals surface area (Å²) in [7, 11) is 5.29. The van der Waals surface area contributed by atoms with Crippen molar-refractivity contribution in [3.05, 3.63) is 81.5 Å². The molecular formula is C27H29N3O3S. The molecule has 2 heterocycles. The van der Waals surface area contributed by atoms with Crippen LogP contribution in [-0.4, -0.2) is 49.3 Å². The van der Waals surface area contributed by atoms with Crippen LogP contribution in [-0.2, 0) is 11.2 Å². The van der Waals surface area contributed by atoms with Gasteiger partial charge in [0.1, 0.15) is 0 Å². The Morgan fingerprint density at radius 3 is 2.71 bits per heavy atom. The second-order valence-corrected chi connectivity index (χ2v) is 9.71. The van der Waals surface area contributed by atoms with Crippen LogP contribution in [0.2, 0.25) is 0 Å². The molecule has 0 N–H and O–H groups in total. The first-order valence-electron chi connectivity index (χ1n) is 11.5. The van der Waals surface area contributed by atoms with E-state index in [0.29, 0.717) is 24.5 Å². The minimum Gasteiger partial charge on any atom is -0.493 e. The van der Waals surface area contributed by atoms with Gasteiger partial charge in [0.15, 0.2) is 11.5 Å². The Morgan fingerprint density at radius 1 is 1.12 bits per heavy atom. The summed E-state index contributed by atoms with van der Waals surface area (Å²) < 4.78 is 10.9. The van der Waals surface area contributed by atoms with Crippen molar-refractivity contribution >= 4 is 23.0 Å². The number of rotatable bonds is 7. The normalized spacial score (nSPS) is 19.3. The molecule has 0 saturated carbocycles. The van der Waals surface area contributed by atoms with Crippen molar-refractivity contribution in [1.82, 2.24) is 9.91 Å². The Labute approximate surface area is 204 Å². The van der Waals surface area contributed by atoms with Crippen LogP contribution >= 0.6 is 11.3 Å². The highest BCUT2D eigenvalue weighted by Crippen LogP contribution is 2.39. The van der Waals surface area contributed by atoms with Crippen LogP contribution in [0.5, 0.6) is 11.5 Å². The van der Waals surface area contributed by atoms with Crippen molar-refractivity contribution in [2.75, 3.05) is 27.8 Å². The average molecular weight is 476 g/mol. The van der Waals surface area contributed by atoms with E-state index in [2.05, 4.69) is 35.2 Å². The van der Waals surface area contributed by atoms with Crippen LogP contribution in [0.4, 0.5) is 0 Å². The van der Waals surface area contributed by atoms with Crippen LogP contribution in [0.3, 0.4) is 0 Å². The number of ether oxygens (including phenoxy) is 2. The highest BCUT2D eigenvalue weighted by Gasteiger charge is 2.35. The molecule has 1 aliphatic carbocycles. The number of hydrogen-bond donors (Lipinski definition) is 0. The van der Waals surface area contributed by atoms with Crippen LogP contribution in [0.15, 0.2) is 65.1 Å². The molecule has 176 valence electrons. The van der Waals surface area contributed by atoms with Crippen molar-refractivity contribution in [2.45, 2.75) is 31.3 Å². The first-order chi connectivity index (χ1) is 16.6. The molecular weight excluding hydrogens is 446 g/mol. The molecule has 0 radical (unpaired) electrons. The molecule has 1 amide bonds. The number of hydrazone groups is 1. The molecule has 7 heteroatoms. The van der Waals surface area contributed by atoms with Crippen molar-refractivity contribution in [3.8, 4) is 11.5 Å². The lowest BCUT2D eigenvalue weighted by molar-refractivity contribution is -0.134. The molecule has 1 aliphatic heterocycles. The van der Waals surface area contributed by atoms with Gasteiger partial charge in [0, 0.05) is 12.5 Å². The van der Waals surface area contributed by atoms with Crippen LogP contribution in [0, 0.1) is 0 Å². The first kappa shape index (κ1) is 22.6. The fourth-order valence-electron chi connectivity index (χ4n) is 5.04. The summed E-state index contributed by atoms with van der Waals surface area (Å²) in [5.74, 6) is 1.32. The monoisotopic (exact) mass is 475 g/mol. The number of hydrogen-bond acceptors (Lipinski definition) is 6. The van der Waals surface area contributed by atoms with Gasteiger partial charge in [-0.05, 0) is 60.2 Å². The molecule has 1 aromatic heterocycles. The van der Waals surface area contributed by atoms with Gasteiger partial charge in [-0.1, -0.05) is 36.4 Å². The van der Waals surface area contributed by atoms with Gasteiger partial charge >= 0.3 is 0 Å². The predicted molar refractivity (Wildman–Crippen MR) is 135 cm³/mol. The van der Waals surface area contributed by atoms with Crippen molar-refractivity contribution in [2.24, 2.45) is 5.10 Å². The Bertz CT molecular complexity index is 1210. The quantitative estimate of drug-likeness (QED) is 0.479. The van der Waals surface area contributed by atoms with Gasteiger partial charge in [-0.2, -0.15) is 5.10 Å². The maximum Gasteiger partial charge on any atom is 0.257 e. The second-order valence-electron chi connectivity index (χ2n) is 8.77. The fraction of sp³-hybridized carbons (Fsp3) is 0.333. The fourth-order valence-corrected chi connectivity index (χ4v) is 5.76. The molecule has 3 aromatic rings. The molecule has 0 spiro atoms. The van der Waals surface area contributed by atoms with Crippen molar-refractivity contribution < 1.29 is 14.3 Å². The number of fused-ring (bicyclic) bond motifs is 1. The average Bonchev–Trinajstić information content (AvgIpc) is 3.62.